The van der Waals surface area contributed by atoms with Gasteiger partial charge in [0.15, 0.2) is 0 Å². The predicted molar refractivity (Wildman–Crippen MR) is 116 cm³/mol. The smallest absolute Gasteiger partial charge is 0.335 e. The highest BCUT2D eigenvalue weighted by Gasteiger charge is 2.08. The van der Waals surface area contributed by atoms with Gasteiger partial charge in [-0.05, 0) is 42.0 Å². The molecule has 0 aromatic heterocycles. The molecule has 160 valence electrons. The van der Waals surface area contributed by atoms with Gasteiger partial charge in [0.1, 0.15) is 31.3 Å². The van der Waals surface area contributed by atoms with Crippen LogP contribution in [0.15, 0.2) is 78.9 Å². The van der Waals surface area contributed by atoms with Crippen molar-refractivity contribution in [1.82, 2.24) is 0 Å². The first-order chi connectivity index (χ1) is 15.1. The van der Waals surface area contributed by atoms with Crippen LogP contribution in [0.25, 0.3) is 0 Å². The SMILES string of the molecule is O=C(COCc1ccccc1)Nc1ccccc1OCCOc1ccc(C(=O)O)cc1. The first kappa shape index (κ1) is 21.9. The molecular formula is C24H23NO6. The van der Waals surface area contributed by atoms with Gasteiger partial charge >= 0.3 is 5.97 Å². The maximum absolute atomic E-state index is 12.2. The zero-order valence-electron chi connectivity index (χ0n) is 16.8. The predicted octanol–water partition coefficient (Wildman–Crippen LogP) is 4.00. The minimum absolute atomic E-state index is 0.0708. The van der Waals surface area contributed by atoms with Gasteiger partial charge in [-0.25, -0.2) is 4.79 Å². The zero-order chi connectivity index (χ0) is 21.9. The lowest BCUT2D eigenvalue weighted by atomic mass is 10.2. The Balaban J connectivity index is 1.43. The highest BCUT2D eigenvalue weighted by Crippen LogP contribution is 2.23. The van der Waals surface area contributed by atoms with Crippen LogP contribution in [-0.4, -0.2) is 36.8 Å². The van der Waals surface area contributed by atoms with Crippen molar-refractivity contribution in [3.05, 3.63) is 90.0 Å². The second-order valence-corrected chi connectivity index (χ2v) is 6.55. The lowest BCUT2D eigenvalue weighted by Crippen LogP contribution is -2.19. The highest BCUT2D eigenvalue weighted by atomic mass is 16.5. The third kappa shape index (κ3) is 7.17. The van der Waals surface area contributed by atoms with E-state index in [1.807, 2.05) is 36.4 Å². The van der Waals surface area contributed by atoms with Crippen LogP contribution in [0.3, 0.4) is 0 Å². The molecule has 3 rings (SSSR count). The maximum Gasteiger partial charge on any atom is 0.335 e. The lowest BCUT2D eigenvalue weighted by molar-refractivity contribution is -0.121. The van der Waals surface area contributed by atoms with Crippen LogP contribution in [0.2, 0.25) is 0 Å². The molecule has 0 bridgehead atoms. The van der Waals surface area contributed by atoms with E-state index in [9.17, 15) is 9.59 Å². The van der Waals surface area contributed by atoms with Crippen LogP contribution in [0.1, 0.15) is 15.9 Å². The maximum atomic E-state index is 12.2. The first-order valence-electron chi connectivity index (χ1n) is 9.71. The number of aromatic carboxylic acids is 1. The number of anilines is 1. The summed E-state index contributed by atoms with van der Waals surface area (Å²) in [6.45, 7) is 0.794. The standard InChI is InChI=1S/C24H23NO6/c26-23(17-29-16-18-6-2-1-3-7-18)25-21-8-4-5-9-22(21)31-15-14-30-20-12-10-19(11-13-20)24(27)28/h1-13H,14-17H2,(H,25,26)(H,27,28). The summed E-state index contributed by atoms with van der Waals surface area (Å²) >= 11 is 0. The first-order valence-corrected chi connectivity index (χ1v) is 9.71. The van der Waals surface area contributed by atoms with E-state index in [4.69, 9.17) is 19.3 Å². The fourth-order valence-corrected chi connectivity index (χ4v) is 2.72. The van der Waals surface area contributed by atoms with Crippen LogP contribution < -0.4 is 14.8 Å². The number of nitrogens with one attached hydrogen (secondary N) is 1. The summed E-state index contributed by atoms with van der Waals surface area (Å²) < 4.78 is 16.7. The van der Waals surface area contributed by atoms with E-state index in [-0.39, 0.29) is 31.3 Å². The normalized spacial score (nSPS) is 10.3. The molecule has 3 aromatic carbocycles. The summed E-state index contributed by atoms with van der Waals surface area (Å²) in [5.41, 5.74) is 1.74. The van der Waals surface area contributed by atoms with Crippen LogP contribution in [0.5, 0.6) is 11.5 Å². The van der Waals surface area contributed by atoms with E-state index in [0.29, 0.717) is 23.8 Å². The van der Waals surface area contributed by atoms with Gasteiger partial charge < -0.3 is 24.6 Å². The average molecular weight is 421 g/mol. The monoisotopic (exact) mass is 421 g/mol. The van der Waals surface area contributed by atoms with Gasteiger partial charge in [0, 0.05) is 0 Å². The number of amides is 1. The van der Waals surface area contributed by atoms with E-state index >= 15 is 0 Å². The van der Waals surface area contributed by atoms with Crippen molar-refractivity contribution in [2.45, 2.75) is 6.61 Å². The molecule has 3 aromatic rings. The van der Waals surface area contributed by atoms with Crippen LogP contribution >= 0.6 is 0 Å². The molecule has 2 N–H and O–H groups in total. The summed E-state index contributed by atoms with van der Waals surface area (Å²) in [5.74, 6) is -0.199. The Bertz CT molecular complexity index is 988. The summed E-state index contributed by atoms with van der Waals surface area (Å²) in [6.07, 6.45) is 0. The van der Waals surface area contributed by atoms with E-state index in [1.165, 1.54) is 12.1 Å². The Kier molecular flexibility index (Phi) is 8.02. The van der Waals surface area contributed by atoms with E-state index < -0.39 is 5.97 Å². The van der Waals surface area contributed by atoms with Crippen molar-refractivity contribution < 1.29 is 28.9 Å². The van der Waals surface area contributed by atoms with E-state index in [2.05, 4.69) is 5.32 Å². The number of hydrogen-bond donors (Lipinski definition) is 2. The summed E-state index contributed by atoms with van der Waals surface area (Å²) in [6, 6.07) is 22.9. The molecule has 0 unspecified atom stereocenters. The molecule has 0 saturated heterocycles. The summed E-state index contributed by atoms with van der Waals surface area (Å²) in [5, 5.41) is 11.7. The molecule has 7 nitrogen and oxygen atoms in total. The number of carbonyl (C=O) groups is 2. The molecule has 0 fully saturated rings. The van der Waals surface area contributed by atoms with Crippen LogP contribution in [-0.2, 0) is 16.1 Å². The Morgan fingerprint density at radius 2 is 1.48 bits per heavy atom. The van der Waals surface area contributed by atoms with Gasteiger partial charge in [-0.3, -0.25) is 4.79 Å². The lowest BCUT2D eigenvalue weighted by Gasteiger charge is -2.13. The number of carboxylic acid groups (broad SMARTS) is 1. The summed E-state index contributed by atoms with van der Waals surface area (Å²) in [4.78, 5) is 23.0. The van der Waals surface area contributed by atoms with Gasteiger partial charge in [-0.2, -0.15) is 0 Å². The molecule has 0 aliphatic rings. The van der Waals surface area contributed by atoms with Crippen molar-refractivity contribution >= 4 is 17.6 Å². The molecular weight excluding hydrogens is 398 g/mol. The van der Waals surface area contributed by atoms with Crippen molar-refractivity contribution in [1.29, 1.82) is 0 Å². The number of ether oxygens (including phenoxy) is 3. The molecule has 0 radical (unpaired) electrons. The molecule has 1 amide bonds. The Morgan fingerprint density at radius 3 is 2.23 bits per heavy atom. The van der Waals surface area contributed by atoms with Gasteiger partial charge in [-0.15, -0.1) is 0 Å². The minimum Gasteiger partial charge on any atom is -0.490 e. The number of benzene rings is 3. The van der Waals surface area contributed by atoms with E-state index in [1.54, 1.807) is 30.3 Å². The van der Waals surface area contributed by atoms with Crippen LogP contribution in [0, 0.1) is 0 Å². The molecule has 7 heteroatoms. The van der Waals surface area contributed by atoms with Crippen LogP contribution in [0.4, 0.5) is 5.69 Å². The third-order valence-corrected chi connectivity index (χ3v) is 4.22. The Hall–Kier alpha value is -3.84. The fraction of sp³-hybridized carbons (Fsp3) is 0.167. The third-order valence-electron chi connectivity index (χ3n) is 4.22. The minimum atomic E-state index is -0.987. The summed E-state index contributed by atoms with van der Waals surface area (Å²) in [7, 11) is 0. The molecule has 0 heterocycles. The molecule has 0 aliphatic heterocycles. The van der Waals surface area contributed by atoms with Gasteiger partial charge in [0.05, 0.1) is 17.9 Å². The zero-order valence-corrected chi connectivity index (χ0v) is 16.8. The second-order valence-electron chi connectivity index (χ2n) is 6.55. The molecule has 0 spiro atoms. The number of carbonyl (C=O) groups excluding carboxylic acids is 1. The average Bonchev–Trinajstić information content (AvgIpc) is 2.79. The Morgan fingerprint density at radius 1 is 0.806 bits per heavy atom. The number of para-hydroxylation sites is 2. The van der Waals surface area contributed by atoms with E-state index in [0.717, 1.165) is 5.56 Å². The fourth-order valence-electron chi connectivity index (χ4n) is 2.72. The molecule has 0 saturated carbocycles. The number of rotatable bonds is 11. The van der Waals surface area contributed by atoms with Crippen molar-refractivity contribution in [2.75, 3.05) is 25.1 Å². The molecule has 0 aliphatic carbocycles. The van der Waals surface area contributed by atoms with Gasteiger partial charge in [-0.1, -0.05) is 42.5 Å². The van der Waals surface area contributed by atoms with Gasteiger partial charge in [0.25, 0.3) is 0 Å². The van der Waals surface area contributed by atoms with Gasteiger partial charge in [0.2, 0.25) is 5.91 Å². The number of hydrogen-bond acceptors (Lipinski definition) is 5. The Labute approximate surface area is 180 Å². The topological polar surface area (TPSA) is 94.1 Å². The molecule has 31 heavy (non-hydrogen) atoms. The number of carboxylic acids is 1. The van der Waals surface area contributed by atoms with Crippen molar-refractivity contribution in [2.24, 2.45) is 0 Å². The van der Waals surface area contributed by atoms with Crippen molar-refractivity contribution in [3.8, 4) is 11.5 Å². The largest absolute Gasteiger partial charge is 0.490 e. The second kappa shape index (κ2) is 11.4. The highest BCUT2D eigenvalue weighted by molar-refractivity contribution is 5.93. The molecule has 0 atom stereocenters. The van der Waals surface area contributed by atoms with Crippen molar-refractivity contribution in [3.63, 3.8) is 0 Å². The quantitative estimate of drug-likeness (QED) is 0.455.